The van der Waals surface area contributed by atoms with E-state index in [2.05, 4.69) is 0 Å². The van der Waals surface area contributed by atoms with E-state index < -0.39 is 96.3 Å². The molecule has 2 fully saturated rings. The average Bonchev–Trinajstić information content (AvgIpc) is 3.16. The van der Waals surface area contributed by atoms with Crippen LogP contribution in [-0.4, -0.2) is 122 Å². The zero-order chi connectivity index (χ0) is 39.7. The summed E-state index contributed by atoms with van der Waals surface area (Å²) in [6.07, 6.45) is -13.5. The molecule has 4 aromatic rings. The number of aliphatic hydroxyl groups is 6. The highest BCUT2D eigenvalue weighted by molar-refractivity contribution is 5.89. The molecule has 0 saturated carbocycles. The molecule has 1 aromatic heterocycles. The number of phenols is 2. The summed E-state index contributed by atoms with van der Waals surface area (Å²) in [5.74, 6) is -3.03. The number of aliphatic hydroxyl groups excluding tert-OH is 6. The van der Waals surface area contributed by atoms with Crippen molar-refractivity contribution >= 4 is 23.0 Å². The Labute approximate surface area is 312 Å². The Bertz CT molecular complexity index is 2100. The Balaban J connectivity index is 1.32. The van der Waals surface area contributed by atoms with Gasteiger partial charge in [0.1, 0.15) is 71.8 Å². The lowest BCUT2D eigenvalue weighted by molar-refractivity contribution is -0.278. The smallest absolute Gasteiger partial charge is 0.330 e. The van der Waals surface area contributed by atoms with Gasteiger partial charge in [0.15, 0.2) is 17.3 Å². The summed E-state index contributed by atoms with van der Waals surface area (Å²) in [5.41, 5.74) is 0.510. The Kier molecular flexibility index (Phi) is 11.6. The SMILES string of the molecule is COc1cc(-c2oc3cc(O[C@@H]4OC(C)[C@H](O)[C@H](O)C4O)cc(O)c3c(=O)c2O[C@@H]2OC(COC(=O)/C=C/c3ccc(C)cc3)[C@@H](O)[C@H](O)C2O)ccc1O. The van der Waals surface area contributed by atoms with E-state index in [4.69, 9.17) is 32.8 Å². The Morgan fingerprint density at radius 3 is 2.16 bits per heavy atom. The largest absolute Gasteiger partial charge is 0.507 e. The molecule has 2 saturated heterocycles. The number of carbonyl (C=O) groups is 1. The number of ether oxygens (including phenoxy) is 6. The molecular formula is C38H40O17. The number of rotatable bonds is 10. The molecule has 0 spiro atoms. The van der Waals surface area contributed by atoms with Crippen LogP contribution in [0.15, 0.2) is 69.9 Å². The summed E-state index contributed by atoms with van der Waals surface area (Å²) in [4.78, 5) is 26.6. The lowest BCUT2D eigenvalue weighted by Gasteiger charge is -2.39. The maximum atomic E-state index is 14.2. The van der Waals surface area contributed by atoms with Gasteiger partial charge < -0.3 is 73.7 Å². The van der Waals surface area contributed by atoms with Gasteiger partial charge in [-0.15, -0.1) is 0 Å². The summed E-state index contributed by atoms with van der Waals surface area (Å²) < 4.78 is 39.2. The van der Waals surface area contributed by atoms with Crippen LogP contribution >= 0.6 is 0 Å². The first kappa shape index (κ1) is 39.5. The van der Waals surface area contributed by atoms with Gasteiger partial charge in [-0.3, -0.25) is 4.79 Å². The number of aromatic hydroxyl groups is 2. The predicted molar refractivity (Wildman–Crippen MR) is 189 cm³/mol. The highest BCUT2D eigenvalue weighted by Gasteiger charge is 2.46. The molecule has 0 amide bonds. The molecule has 0 bridgehead atoms. The van der Waals surface area contributed by atoms with Gasteiger partial charge >= 0.3 is 5.97 Å². The zero-order valence-electron chi connectivity index (χ0n) is 29.6. The predicted octanol–water partition coefficient (Wildman–Crippen LogP) is 0.838. The fourth-order valence-corrected chi connectivity index (χ4v) is 6.01. The monoisotopic (exact) mass is 768 g/mol. The summed E-state index contributed by atoms with van der Waals surface area (Å²) in [6.45, 7) is 2.75. The molecular weight excluding hydrogens is 728 g/mol. The van der Waals surface area contributed by atoms with Crippen LogP contribution in [0.3, 0.4) is 0 Å². The van der Waals surface area contributed by atoms with Gasteiger partial charge in [0.05, 0.1) is 13.2 Å². The van der Waals surface area contributed by atoms with Crippen molar-refractivity contribution in [1.82, 2.24) is 0 Å². The van der Waals surface area contributed by atoms with Gasteiger partial charge in [-0.1, -0.05) is 29.8 Å². The summed E-state index contributed by atoms with van der Waals surface area (Å²) >= 11 is 0. The maximum Gasteiger partial charge on any atom is 0.330 e. The normalized spacial score (nSPS) is 28.2. The highest BCUT2D eigenvalue weighted by atomic mass is 16.7. The third-order valence-corrected chi connectivity index (χ3v) is 9.19. The first-order valence-corrected chi connectivity index (χ1v) is 17.0. The number of methoxy groups -OCH3 is 1. The molecule has 294 valence electrons. The van der Waals surface area contributed by atoms with Gasteiger partial charge in [0.2, 0.25) is 23.8 Å². The minimum absolute atomic E-state index is 0.0461. The van der Waals surface area contributed by atoms with Crippen LogP contribution in [-0.2, 0) is 19.0 Å². The second-order valence-electron chi connectivity index (χ2n) is 13.1. The van der Waals surface area contributed by atoms with E-state index in [1.54, 1.807) is 12.1 Å². The fourth-order valence-electron chi connectivity index (χ4n) is 6.01. The Morgan fingerprint density at radius 2 is 1.47 bits per heavy atom. The number of carbonyl (C=O) groups excluding carboxylic acids is 1. The number of aryl methyl sites for hydroxylation is 1. The molecule has 3 aromatic carbocycles. The van der Waals surface area contributed by atoms with Crippen LogP contribution in [0.5, 0.6) is 28.7 Å². The van der Waals surface area contributed by atoms with Crippen molar-refractivity contribution in [3.05, 3.63) is 82.0 Å². The molecule has 2 aliphatic rings. The number of esters is 1. The molecule has 3 heterocycles. The standard InChI is InChI=1S/C38H40O17/c1-16-4-6-18(7-5-16)8-11-26(41)50-15-25-29(43)32(46)34(48)38(54-25)55-36-30(44)27-22(40)13-20(52-37-33(47)31(45)28(42)17(2)51-37)14-24(27)53-35(36)19-9-10-21(39)23(12-19)49-3/h4-14,17,25,28-29,31-34,37-40,42-43,45-48H,15H2,1-3H3/b11-8+/t17?,25?,28-,29+,31-,32-,33?,34?,37-,38-/m0/s1. The summed E-state index contributed by atoms with van der Waals surface area (Å²) in [5, 5.41) is 83.8. The van der Waals surface area contributed by atoms with Crippen molar-refractivity contribution < 1.29 is 78.5 Å². The maximum absolute atomic E-state index is 14.2. The summed E-state index contributed by atoms with van der Waals surface area (Å²) in [6, 6.07) is 13.3. The molecule has 0 radical (unpaired) electrons. The second kappa shape index (κ2) is 16.2. The van der Waals surface area contributed by atoms with Crippen molar-refractivity contribution in [2.75, 3.05) is 13.7 Å². The van der Waals surface area contributed by atoms with Gasteiger partial charge in [0.25, 0.3) is 0 Å². The van der Waals surface area contributed by atoms with Gasteiger partial charge in [-0.25, -0.2) is 4.79 Å². The molecule has 10 atom stereocenters. The third kappa shape index (κ3) is 8.24. The third-order valence-electron chi connectivity index (χ3n) is 9.19. The molecule has 55 heavy (non-hydrogen) atoms. The quantitative estimate of drug-likeness (QED) is 0.0821. The lowest BCUT2D eigenvalue weighted by atomic mass is 9.99. The number of hydrogen-bond donors (Lipinski definition) is 8. The molecule has 6 rings (SSSR count). The Morgan fingerprint density at radius 1 is 0.800 bits per heavy atom. The number of hydrogen-bond acceptors (Lipinski definition) is 17. The van der Waals surface area contributed by atoms with Crippen molar-refractivity contribution in [1.29, 1.82) is 0 Å². The molecule has 2 aliphatic heterocycles. The number of benzene rings is 3. The Hall–Kier alpha value is -5.24. The first-order chi connectivity index (χ1) is 26.2. The van der Waals surface area contributed by atoms with Gasteiger partial charge in [-0.05, 0) is 43.7 Å². The van der Waals surface area contributed by atoms with E-state index in [0.29, 0.717) is 0 Å². The van der Waals surface area contributed by atoms with Crippen molar-refractivity contribution in [3.8, 4) is 40.1 Å². The minimum Gasteiger partial charge on any atom is -0.507 e. The molecule has 0 aliphatic carbocycles. The molecule has 8 N–H and O–H groups in total. The topological polar surface area (TPSA) is 264 Å². The highest BCUT2D eigenvalue weighted by Crippen LogP contribution is 2.40. The van der Waals surface area contributed by atoms with E-state index in [1.807, 2.05) is 19.1 Å². The van der Waals surface area contributed by atoms with Crippen LogP contribution in [0.4, 0.5) is 0 Å². The van der Waals surface area contributed by atoms with Gasteiger partial charge in [0, 0.05) is 23.8 Å². The molecule has 17 heteroatoms. The van der Waals surface area contributed by atoms with E-state index in [0.717, 1.165) is 23.3 Å². The lowest BCUT2D eigenvalue weighted by Crippen LogP contribution is -2.60. The van der Waals surface area contributed by atoms with E-state index >= 15 is 0 Å². The van der Waals surface area contributed by atoms with Crippen LogP contribution in [0.1, 0.15) is 18.1 Å². The van der Waals surface area contributed by atoms with E-state index in [-0.39, 0.29) is 34.2 Å². The second-order valence-corrected chi connectivity index (χ2v) is 13.1. The van der Waals surface area contributed by atoms with Crippen LogP contribution < -0.4 is 19.6 Å². The first-order valence-electron chi connectivity index (χ1n) is 17.0. The van der Waals surface area contributed by atoms with E-state index in [9.17, 15) is 50.4 Å². The summed E-state index contributed by atoms with van der Waals surface area (Å²) in [7, 11) is 1.27. The number of fused-ring (bicyclic) bond motifs is 1. The minimum atomic E-state index is -1.97. The fraction of sp³-hybridized carbons (Fsp3) is 0.368. The van der Waals surface area contributed by atoms with Crippen molar-refractivity contribution in [2.45, 2.75) is 75.3 Å². The van der Waals surface area contributed by atoms with Crippen LogP contribution in [0.2, 0.25) is 0 Å². The number of phenolic OH excluding ortho intramolecular Hbond substituents is 2. The van der Waals surface area contributed by atoms with Gasteiger partial charge in [-0.2, -0.15) is 0 Å². The van der Waals surface area contributed by atoms with Crippen LogP contribution in [0, 0.1) is 6.92 Å². The van der Waals surface area contributed by atoms with Crippen molar-refractivity contribution in [3.63, 3.8) is 0 Å². The molecule has 4 unspecified atom stereocenters. The van der Waals surface area contributed by atoms with E-state index in [1.165, 1.54) is 44.4 Å². The van der Waals surface area contributed by atoms with Crippen molar-refractivity contribution in [2.24, 2.45) is 0 Å². The van der Waals surface area contributed by atoms with Crippen LogP contribution in [0.25, 0.3) is 28.4 Å². The average molecular weight is 769 g/mol. The molecule has 17 nitrogen and oxygen atoms in total. The zero-order valence-corrected chi connectivity index (χ0v) is 29.6.